The number of hydrogen-bond donors (Lipinski definition) is 2. The first-order chi connectivity index (χ1) is 15.7. The summed E-state index contributed by atoms with van der Waals surface area (Å²) in [6.45, 7) is 6.23. The van der Waals surface area contributed by atoms with E-state index < -0.39 is 0 Å². The maximum absolute atomic E-state index is 12.7. The molecule has 2 fully saturated rings. The summed E-state index contributed by atoms with van der Waals surface area (Å²) < 4.78 is 5.69. The summed E-state index contributed by atoms with van der Waals surface area (Å²) in [6.07, 6.45) is 4.16. The number of furan rings is 1. The molecule has 3 heterocycles. The van der Waals surface area contributed by atoms with E-state index in [1.165, 1.54) is 18.5 Å². The van der Waals surface area contributed by atoms with Crippen LogP contribution >= 0.6 is 24.0 Å². The van der Waals surface area contributed by atoms with Crippen LogP contribution in [0.3, 0.4) is 0 Å². The molecule has 2 aliphatic heterocycles. The van der Waals surface area contributed by atoms with Crippen LogP contribution < -0.4 is 15.5 Å². The van der Waals surface area contributed by atoms with Gasteiger partial charge < -0.3 is 24.9 Å². The van der Waals surface area contributed by atoms with Crippen molar-refractivity contribution >= 4 is 41.5 Å². The van der Waals surface area contributed by atoms with E-state index in [1.807, 2.05) is 23.1 Å². The van der Waals surface area contributed by atoms with Crippen molar-refractivity contribution in [3.8, 4) is 0 Å². The van der Waals surface area contributed by atoms with Gasteiger partial charge in [-0.1, -0.05) is 18.2 Å². The lowest BCUT2D eigenvalue weighted by Crippen LogP contribution is -2.52. The average Bonchev–Trinajstić information content (AvgIpc) is 3.57. The second-order valence-corrected chi connectivity index (χ2v) is 8.28. The maximum atomic E-state index is 12.7. The van der Waals surface area contributed by atoms with Gasteiger partial charge in [0.1, 0.15) is 5.76 Å². The molecule has 33 heavy (non-hydrogen) atoms. The molecule has 0 saturated carbocycles. The van der Waals surface area contributed by atoms with Gasteiger partial charge in [0.05, 0.1) is 18.8 Å². The lowest BCUT2D eigenvalue weighted by atomic mass is 10.2. The van der Waals surface area contributed by atoms with E-state index >= 15 is 0 Å². The smallest absolute Gasteiger partial charge is 0.242 e. The van der Waals surface area contributed by atoms with E-state index in [1.54, 1.807) is 13.3 Å². The van der Waals surface area contributed by atoms with Gasteiger partial charge in [-0.05, 0) is 50.2 Å². The lowest BCUT2D eigenvalue weighted by molar-refractivity contribution is -0.130. The third-order valence-corrected chi connectivity index (χ3v) is 6.30. The number of nitrogens with zero attached hydrogens (tertiary/aromatic N) is 4. The fourth-order valence-electron chi connectivity index (χ4n) is 4.48. The molecule has 0 bridgehead atoms. The van der Waals surface area contributed by atoms with E-state index in [0.717, 1.165) is 45.0 Å². The summed E-state index contributed by atoms with van der Waals surface area (Å²) in [5.41, 5.74) is 1.21. The molecule has 2 aliphatic rings. The van der Waals surface area contributed by atoms with Gasteiger partial charge in [0, 0.05) is 45.5 Å². The number of piperazine rings is 1. The van der Waals surface area contributed by atoms with Gasteiger partial charge in [0.25, 0.3) is 0 Å². The number of halogens is 1. The molecule has 0 radical (unpaired) electrons. The predicted octanol–water partition coefficient (Wildman–Crippen LogP) is 2.55. The molecule has 2 aromatic rings. The molecule has 4 rings (SSSR count). The zero-order chi connectivity index (χ0) is 22.2. The van der Waals surface area contributed by atoms with Gasteiger partial charge in [0.15, 0.2) is 5.96 Å². The van der Waals surface area contributed by atoms with E-state index in [0.29, 0.717) is 12.5 Å². The number of para-hydroxylation sites is 1. The number of carbonyl (C=O) groups is 1. The number of guanidine groups is 1. The van der Waals surface area contributed by atoms with Crippen molar-refractivity contribution < 1.29 is 9.21 Å². The van der Waals surface area contributed by atoms with Crippen LogP contribution in [0, 0.1) is 0 Å². The van der Waals surface area contributed by atoms with Gasteiger partial charge in [-0.15, -0.1) is 24.0 Å². The Morgan fingerprint density at radius 1 is 1.00 bits per heavy atom. The molecule has 1 aromatic heterocycles. The van der Waals surface area contributed by atoms with Crippen LogP contribution in [0.25, 0.3) is 0 Å². The second kappa shape index (κ2) is 12.8. The zero-order valence-electron chi connectivity index (χ0n) is 19.3. The van der Waals surface area contributed by atoms with Crippen molar-refractivity contribution in [2.45, 2.75) is 18.9 Å². The largest absolute Gasteiger partial charge is 0.468 e. The van der Waals surface area contributed by atoms with Crippen molar-refractivity contribution in [3.63, 3.8) is 0 Å². The van der Waals surface area contributed by atoms with Crippen molar-refractivity contribution in [2.24, 2.45) is 4.99 Å². The summed E-state index contributed by atoms with van der Waals surface area (Å²) in [6, 6.07) is 14.5. The van der Waals surface area contributed by atoms with Gasteiger partial charge in [0.2, 0.25) is 5.91 Å². The molecule has 1 amide bonds. The van der Waals surface area contributed by atoms with Crippen molar-refractivity contribution in [3.05, 3.63) is 54.5 Å². The standard InChI is InChI=1S/C24H34N6O2.HI/c1-25-24(26-18-21(22-10-7-17-32-22)29-11-5-6-12-29)27-19-23(31)30-15-13-28(14-16-30)20-8-3-2-4-9-20;/h2-4,7-10,17,21H,5-6,11-16,18-19H2,1H3,(H2,25,26,27);1H. The summed E-state index contributed by atoms with van der Waals surface area (Å²) in [4.78, 5) is 23.7. The summed E-state index contributed by atoms with van der Waals surface area (Å²) in [5.74, 6) is 1.70. The Morgan fingerprint density at radius 2 is 1.73 bits per heavy atom. The lowest BCUT2D eigenvalue weighted by Gasteiger charge is -2.36. The summed E-state index contributed by atoms with van der Waals surface area (Å²) in [5, 5.41) is 6.57. The van der Waals surface area contributed by atoms with Crippen LogP contribution in [0.15, 0.2) is 58.1 Å². The molecule has 1 atom stereocenters. The fourth-order valence-corrected chi connectivity index (χ4v) is 4.48. The molecule has 8 nitrogen and oxygen atoms in total. The third kappa shape index (κ3) is 6.86. The first-order valence-electron chi connectivity index (χ1n) is 11.5. The van der Waals surface area contributed by atoms with Gasteiger partial charge in [-0.2, -0.15) is 0 Å². The van der Waals surface area contributed by atoms with Crippen LogP contribution in [-0.2, 0) is 4.79 Å². The summed E-state index contributed by atoms with van der Waals surface area (Å²) in [7, 11) is 1.73. The van der Waals surface area contributed by atoms with Crippen molar-refractivity contribution in [1.82, 2.24) is 20.4 Å². The molecule has 180 valence electrons. The highest BCUT2D eigenvalue weighted by Gasteiger charge is 2.26. The molecule has 1 aromatic carbocycles. The van der Waals surface area contributed by atoms with Gasteiger partial charge in [-0.3, -0.25) is 14.7 Å². The van der Waals surface area contributed by atoms with E-state index in [-0.39, 0.29) is 42.5 Å². The SMILES string of the molecule is CN=C(NCC(=O)N1CCN(c2ccccc2)CC1)NCC(c1ccco1)N1CCCC1.I. The Labute approximate surface area is 213 Å². The number of nitrogens with one attached hydrogen (secondary N) is 2. The highest BCUT2D eigenvalue weighted by atomic mass is 127. The quantitative estimate of drug-likeness (QED) is 0.305. The number of rotatable bonds is 7. The minimum atomic E-state index is 0. The highest BCUT2D eigenvalue weighted by Crippen LogP contribution is 2.24. The average molecular weight is 566 g/mol. The molecule has 2 N–H and O–H groups in total. The zero-order valence-corrected chi connectivity index (χ0v) is 21.6. The fraction of sp³-hybridized carbons (Fsp3) is 0.500. The Morgan fingerprint density at radius 3 is 2.36 bits per heavy atom. The van der Waals surface area contributed by atoms with Crippen molar-refractivity contribution in [2.75, 3.05) is 64.3 Å². The van der Waals surface area contributed by atoms with Gasteiger partial charge in [-0.25, -0.2) is 0 Å². The van der Waals surface area contributed by atoms with Crippen molar-refractivity contribution in [1.29, 1.82) is 0 Å². The highest BCUT2D eigenvalue weighted by molar-refractivity contribution is 14.0. The number of anilines is 1. The van der Waals surface area contributed by atoms with E-state index in [4.69, 9.17) is 4.42 Å². The molecule has 2 saturated heterocycles. The first-order valence-corrected chi connectivity index (χ1v) is 11.5. The Bertz CT molecular complexity index is 862. The maximum Gasteiger partial charge on any atom is 0.242 e. The van der Waals surface area contributed by atoms with Crippen LogP contribution in [0.5, 0.6) is 0 Å². The molecule has 0 spiro atoms. The number of amides is 1. The number of aliphatic imine (C=N–C) groups is 1. The minimum absolute atomic E-state index is 0. The van der Waals surface area contributed by atoms with Crippen LogP contribution in [0.4, 0.5) is 5.69 Å². The molecule has 1 unspecified atom stereocenters. The van der Waals surface area contributed by atoms with Crippen LogP contribution in [0.2, 0.25) is 0 Å². The Balaban J connectivity index is 0.00000306. The molecular weight excluding hydrogens is 531 g/mol. The van der Waals surface area contributed by atoms with E-state index in [9.17, 15) is 4.79 Å². The Kier molecular flexibility index (Phi) is 9.86. The predicted molar refractivity (Wildman–Crippen MR) is 142 cm³/mol. The van der Waals surface area contributed by atoms with Crippen LogP contribution in [-0.4, -0.2) is 81.1 Å². The van der Waals surface area contributed by atoms with E-state index in [2.05, 4.69) is 49.7 Å². The monoisotopic (exact) mass is 566 g/mol. The minimum Gasteiger partial charge on any atom is -0.468 e. The normalized spacial score (nSPS) is 18.0. The number of likely N-dealkylation sites (tertiary alicyclic amines) is 1. The number of carbonyl (C=O) groups excluding carboxylic acids is 1. The van der Waals surface area contributed by atoms with Gasteiger partial charge >= 0.3 is 0 Å². The second-order valence-electron chi connectivity index (χ2n) is 8.28. The Hall–Kier alpha value is -2.27. The third-order valence-electron chi connectivity index (χ3n) is 6.30. The number of benzene rings is 1. The molecular formula is C24H35IN6O2. The molecule has 9 heteroatoms. The summed E-state index contributed by atoms with van der Waals surface area (Å²) >= 11 is 0. The molecule has 0 aliphatic carbocycles. The topological polar surface area (TPSA) is 76.4 Å². The first kappa shape index (κ1) is 25.4. The number of hydrogen-bond acceptors (Lipinski definition) is 5. The van der Waals surface area contributed by atoms with Crippen LogP contribution in [0.1, 0.15) is 24.6 Å².